The Bertz CT molecular complexity index is 1470. The molecule has 4 aromatic rings. The molecule has 0 bridgehead atoms. The summed E-state index contributed by atoms with van der Waals surface area (Å²) in [6, 6.07) is 12.8. The second kappa shape index (κ2) is 9.47. The highest BCUT2D eigenvalue weighted by Gasteiger charge is 2.30. The van der Waals surface area contributed by atoms with E-state index in [1.807, 2.05) is 0 Å². The molecule has 2 heterocycles. The Morgan fingerprint density at radius 3 is 2.51 bits per heavy atom. The molecule has 0 aliphatic heterocycles. The number of amides is 1. The third-order valence-corrected chi connectivity index (χ3v) is 6.32. The molecule has 10 nitrogen and oxygen atoms in total. The van der Waals surface area contributed by atoms with Crippen LogP contribution in [0.5, 0.6) is 0 Å². The highest BCUT2D eigenvalue weighted by atomic mass is 32.1. The third-order valence-electron chi connectivity index (χ3n) is 5.24. The van der Waals surface area contributed by atoms with Crippen LogP contribution in [0.1, 0.15) is 38.4 Å². The molecule has 178 valence electrons. The van der Waals surface area contributed by atoms with Gasteiger partial charge in [0.25, 0.3) is 11.6 Å². The van der Waals surface area contributed by atoms with Gasteiger partial charge < -0.3 is 15.8 Å². The number of rotatable bonds is 6. The van der Waals surface area contributed by atoms with Gasteiger partial charge >= 0.3 is 5.97 Å². The van der Waals surface area contributed by atoms with Crippen LogP contribution in [0, 0.1) is 30.9 Å². The number of aromatic nitrogens is 2. The van der Waals surface area contributed by atoms with E-state index in [-0.39, 0.29) is 21.9 Å². The summed E-state index contributed by atoms with van der Waals surface area (Å²) in [4.78, 5) is 46.6. The lowest BCUT2D eigenvalue weighted by Crippen LogP contribution is -2.26. The van der Waals surface area contributed by atoms with Gasteiger partial charge in [0.05, 0.1) is 21.7 Å². The zero-order valence-corrected chi connectivity index (χ0v) is 19.9. The van der Waals surface area contributed by atoms with E-state index in [0.717, 1.165) is 11.3 Å². The number of anilines is 2. The van der Waals surface area contributed by atoms with Crippen LogP contribution in [0.15, 0.2) is 48.5 Å². The number of fused-ring (bicyclic) bond motifs is 1. The maximum Gasteiger partial charge on any atom is 0.351 e. The number of nitro groups is 1. The van der Waals surface area contributed by atoms with Crippen LogP contribution >= 0.6 is 11.3 Å². The van der Waals surface area contributed by atoms with Crippen LogP contribution in [-0.2, 0) is 9.53 Å². The topological polar surface area (TPSA) is 150 Å². The fourth-order valence-electron chi connectivity index (χ4n) is 3.64. The SMILES string of the molecule is Cc1ccc(NC(=O)C(OC(=O)c2sc3nc(C)nc(C)c3c2N)c2ccccc2)c([N+](=O)[O-])c1. The lowest BCUT2D eigenvalue weighted by Gasteiger charge is -2.18. The minimum atomic E-state index is -1.39. The van der Waals surface area contributed by atoms with Crippen LogP contribution < -0.4 is 11.1 Å². The molecule has 0 fully saturated rings. The number of nitrogens with one attached hydrogen (secondary N) is 1. The summed E-state index contributed by atoms with van der Waals surface area (Å²) in [5.74, 6) is -1.02. The number of esters is 1. The molecule has 35 heavy (non-hydrogen) atoms. The molecular weight excluding hydrogens is 470 g/mol. The maximum absolute atomic E-state index is 13.2. The second-order valence-electron chi connectivity index (χ2n) is 7.84. The maximum atomic E-state index is 13.2. The van der Waals surface area contributed by atoms with Gasteiger partial charge in [0.2, 0.25) is 6.10 Å². The summed E-state index contributed by atoms with van der Waals surface area (Å²) >= 11 is 1.05. The summed E-state index contributed by atoms with van der Waals surface area (Å²) in [7, 11) is 0. The van der Waals surface area contributed by atoms with E-state index >= 15 is 0 Å². The van der Waals surface area contributed by atoms with Gasteiger partial charge in [-0.15, -0.1) is 11.3 Å². The van der Waals surface area contributed by atoms with Crippen LogP contribution in [0.2, 0.25) is 0 Å². The Morgan fingerprint density at radius 1 is 1.11 bits per heavy atom. The van der Waals surface area contributed by atoms with Crippen LogP contribution in [0.3, 0.4) is 0 Å². The molecule has 0 saturated carbocycles. The van der Waals surface area contributed by atoms with Crippen molar-refractivity contribution < 1.29 is 19.2 Å². The van der Waals surface area contributed by atoms with E-state index in [1.165, 1.54) is 12.1 Å². The molecule has 1 atom stereocenters. The predicted molar refractivity (Wildman–Crippen MR) is 132 cm³/mol. The number of nitrogens with zero attached hydrogens (tertiary/aromatic N) is 3. The number of hydrogen-bond acceptors (Lipinski definition) is 9. The molecular formula is C24H21N5O5S. The Hall–Kier alpha value is -4.38. The number of nitrogen functional groups attached to an aromatic ring is 1. The van der Waals surface area contributed by atoms with Gasteiger partial charge in [-0.3, -0.25) is 14.9 Å². The quantitative estimate of drug-likeness (QED) is 0.225. The Balaban J connectivity index is 1.69. The molecule has 3 N–H and O–H groups in total. The summed E-state index contributed by atoms with van der Waals surface area (Å²) in [5.41, 5.74) is 7.80. The van der Waals surface area contributed by atoms with Crippen molar-refractivity contribution in [3.8, 4) is 0 Å². The first-order chi connectivity index (χ1) is 16.7. The minimum Gasteiger partial charge on any atom is -0.443 e. The van der Waals surface area contributed by atoms with E-state index in [1.54, 1.807) is 57.2 Å². The van der Waals surface area contributed by atoms with Crippen molar-refractivity contribution in [1.29, 1.82) is 0 Å². The molecule has 0 aliphatic carbocycles. The second-order valence-corrected chi connectivity index (χ2v) is 8.84. The number of hydrogen-bond donors (Lipinski definition) is 2. The molecule has 0 spiro atoms. The third kappa shape index (κ3) is 4.80. The molecule has 4 rings (SSSR count). The number of benzene rings is 2. The summed E-state index contributed by atoms with van der Waals surface area (Å²) in [5, 5.41) is 14.6. The first-order valence-electron chi connectivity index (χ1n) is 10.5. The monoisotopic (exact) mass is 491 g/mol. The number of nitrogens with two attached hydrogens (primary N) is 1. The molecule has 1 unspecified atom stereocenters. The standard InChI is InChI=1S/C24H21N5O5S/c1-12-9-10-16(17(11-12)29(32)33)28-22(30)20(15-7-5-4-6-8-15)34-24(31)21-19(25)18-13(2)26-14(3)27-23(18)35-21/h4-11,20H,25H2,1-3H3,(H,28,30). The molecule has 2 aromatic carbocycles. The average molecular weight is 492 g/mol. The molecule has 0 aliphatic rings. The van der Waals surface area contributed by atoms with Crippen LogP contribution in [0.4, 0.5) is 17.1 Å². The van der Waals surface area contributed by atoms with Gasteiger partial charge in [-0.2, -0.15) is 0 Å². The lowest BCUT2D eigenvalue weighted by atomic mass is 10.1. The van der Waals surface area contributed by atoms with E-state index < -0.39 is 22.9 Å². The minimum absolute atomic E-state index is 0.00895. The smallest absolute Gasteiger partial charge is 0.351 e. The number of carbonyl (C=O) groups is 2. The van der Waals surface area contributed by atoms with Crippen molar-refractivity contribution in [3.63, 3.8) is 0 Å². The first-order valence-corrected chi connectivity index (χ1v) is 11.3. The van der Waals surface area contributed by atoms with Gasteiger partial charge in [-0.05, 0) is 32.4 Å². The number of ether oxygens (including phenoxy) is 1. The predicted octanol–water partition coefficient (Wildman–Crippen LogP) is 4.64. The van der Waals surface area contributed by atoms with Crippen LogP contribution in [-0.4, -0.2) is 26.8 Å². The number of carbonyl (C=O) groups excluding carboxylic acids is 2. The summed E-state index contributed by atoms with van der Waals surface area (Å²) in [6.07, 6.45) is -1.39. The molecule has 11 heteroatoms. The highest BCUT2D eigenvalue weighted by Crippen LogP contribution is 2.36. The van der Waals surface area contributed by atoms with E-state index in [9.17, 15) is 19.7 Å². The largest absolute Gasteiger partial charge is 0.443 e. The molecule has 0 radical (unpaired) electrons. The number of aryl methyl sites for hydroxylation is 3. The van der Waals surface area contributed by atoms with Gasteiger partial charge in [-0.1, -0.05) is 36.4 Å². The van der Waals surface area contributed by atoms with E-state index in [2.05, 4.69) is 15.3 Å². The normalized spacial score (nSPS) is 11.7. The molecule has 1 amide bonds. The van der Waals surface area contributed by atoms with Crippen molar-refractivity contribution in [3.05, 3.63) is 86.2 Å². The van der Waals surface area contributed by atoms with Gasteiger partial charge in [0, 0.05) is 11.6 Å². The van der Waals surface area contributed by atoms with E-state index in [0.29, 0.717) is 32.9 Å². The Kier molecular flexibility index (Phi) is 6.43. The van der Waals surface area contributed by atoms with Gasteiger partial charge in [0.15, 0.2) is 0 Å². The van der Waals surface area contributed by atoms with Gasteiger partial charge in [0.1, 0.15) is 21.2 Å². The number of nitro benzene ring substituents is 1. The first kappa shape index (κ1) is 23.8. The van der Waals surface area contributed by atoms with E-state index in [4.69, 9.17) is 10.5 Å². The van der Waals surface area contributed by atoms with Crippen molar-refractivity contribution in [2.24, 2.45) is 0 Å². The Labute approximate surface area is 203 Å². The van der Waals surface area contributed by atoms with Gasteiger partial charge in [-0.25, -0.2) is 14.8 Å². The van der Waals surface area contributed by atoms with Crippen molar-refractivity contribution in [1.82, 2.24) is 9.97 Å². The summed E-state index contributed by atoms with van der Waals surface area (Å²) < 4.78 is 5.62. The summed E-state index contributed by atoms with van der Waals surface area (Å²) in [6.45, 7) is 5.21. The zero-order valence-electron chi connectivity index (χ0n) is 19.1. The van der Waals surface area contributed by atoms with Crippen molar-refractivity contribution in [2.45, 2.75) is 26.9 Å². The Morgan fingerprint density at radius 2 is 1.83 bits per heavy atom. The highest BCUT2D eigenvalue weighted by molar-refractivity contribution is 7.21. The average Bonchev–Trinajstić information content (AvgIpc) is 3.15. The van der Waals surface area contributed by atoms with Crippen LogP contribution in [0.25, 0.3) is 10.2 Å². The number of thiophene rings is 1. The molecule has 2 aromatic heterocycles. The van der Waals surface area contributed by atoms with Crippen molar-refractivity contribution in [2.75, 3.05) is 11.1 Å². The zero-order chi connectivity index (χ0) is 25.3. The fraction of sp³-hybridized carbons (Fsp3) is 0.167. The fourth-order valence-corrected chi connectivity index (χ4v) is 4.71. The molecule has 0 saturated heterocycles. The van der Waals surface area contributed by atoms with Crippen molar-refractivity contribution >= 4 is 50.5 Å². The lowest BCUT2D eigenvalue weighted by molar-refractivity contribution is -0.384.